The number of benzene rings is 1. The molecule has 1 aromatic carbocycles. The summed E-state index contributed by atoms with van der Waals surface area (Å²) in [7, 11) is 0. The van der Waals surface area contributed by atoms with E-state index in [1.807, 2.05) is 0 Å². The van der Waals surface area contributed by atoms with Crippen molar-refractivity contribution in [2.45, 2.75) is 40.0 Å². The van der Waals surface area contributed by atoms with Crippen LogP contribution in [0.5, 0.6) is 0 Å². The number of halogens is 1. The third-order valence-electron chi connectivity index (χ3n) is 3.80. The zero-order chi connectivity index (χ0) is 13.1. The Balaban J connectivity index is 2.45. The molecule has 0 bridgehead atoms. The molecule has 0 unspecified atom stereocenters. The minimum Gasteiger partial charge on any atom is -0.244 e. The van der Waals surface area contributed by atoms with Gasteiger partial charge in [-0.1, -0.05) is 18.6 Å². The molecule has 0 N–H and O–H groups in total. The highest BCUT2D eigenvalue weighted by molar-refractivity contribution is 14.1. The van der Waals surface area contributed by atoms with Crippen molar-refractivity contribution in [3.05, 3.63) is 28.8 Å². The van der Waals surface area contributed by atoms with Crippen molar-refractivity contribution in [3.63, 3.8) is 0 Å². The van der Waals surface area contributed by atoms with Gasteiger partial charge in [-0.3, -0.25) is 0 Å². The third kappa shape index (κ3) is 2.77. The molecular weight excluding hydrogens is 333 g/mol. The molecule has 1 saturated carbocycles. The van der Waals surface area contributed by atoms with Crippen LogP contribution in [-0.2, 0) is 0 Å². The predicted octanol–water partition coefficient (Wildman–Crippen LogP) is 4.88. The summed E-state index contributed by atoms with van der Waals surface area (Å²) in [6, 6.07) is 4.31. The average Bonchev–Trinajstić information content (AvgIpc) is 2.27. The van der Waals surface area contributed by atoms with Gasteiger partial charge in [0.1, 0.15) is 0 Å². The van der Waals surface area contributed by atoms with Crippen LogP contribution in [0.1, 0.15) is 36.0 Å². The predicted molar refractivity (Wildman–Crippen MR) is 86.9 cm³/mol. The van der Waals surface area contributed by atoms with Crippen LogP contribution in [0, 0.1) is 36.5 Å². The molecule has 2 rings (SSSR count). The van der Waals surface area contributed by atoms with Gasteiger partial charge in [-0.25, -0.2) is 4.99 Å². The van der Waals surface area contributed by atoms with Crippen molar-refractivity contribution < 1.29 is 0 Å². The maximum Gasteiger partial charge on any atom is 0.0945 e. The maximum atomic E-state index is 4.87. The summed E-state index contributed by atoms with van der Waals surface area (Å²) in [5, 5.41) is 0. The van der Waals surface area contributed by atoms with Gasteiger partial charge in [0, 0.05) is 28.5 Å². The molecule has 18 heavy (non-hydrogen) atoms. The molecule has 2 heteroatoms. The summed E-state index contributed by atoms with van der Waals surface area (Å²) in [6.45, 7) is 6.42. The minimum absolute atomic E-state index is 0.589. The Morgan fingerprint density at radius 1 is 1.22 bits per heavy atom. The van der Waals surface area contributed by atoms with Crippen molar-refractivity contribution in [2.24, 2.45) is 10.9 Å². The Bertz CT molecular complexity index is 542. The summed E-state index contributed by atoms with van der Waals surface area (Å²) < 4.78 is 2.98. The van der Waals surface area contributed by atoms with E-state index in [0.29, 0.717) is 5.92 Å². The second-order valence-corrected chi connectivity index (χ2v) is 5.56. The van der Waals surface area contributed by atoms with Crippen molar-refractivity contribution in [1.82, 2.24) is 0 Å². The molecule has 94 valence electrons. The van der Waals surface area contributed by atoms with E-state index in [4.69, 9.17) is 4.99 Å². The van der Waals surface area contributed by atoms with Gasteiger partial charge in [-0.15, -0.1) is 0 Å². The fourth-order valence-corrected chi connectivity index (χ4v) is 2.46. The summed E-state index contributed by atoms with van der Waals surface area (Å²) >= 11 is 2.10. The van der Waals surface area contributed by atoms with Gasteiger partial charge in [-0.2, -0.15) is 0 Å². The Labute approximate surface area is 123 Å². The van der Waals surface area contributed by atoms with Gasteiger partial charge in [0.05, 0.1) is 11.4 Å². The first kappa shape index (κ1) is 13.6. The first-order chi connectivity index (χ1) is 8.63. The molecule has 0 heterocycles. The Hall–Kier alpha value is -0.820. The molecule has 1 aliphatic carbocycles. The molecule has 0 aliphatic heterocycles. The van der Waals surface area contributed by atoms with Gasteiger partial charge in [0.15, 0.2) is 0 Å². The van der Waals surface area contributed by atoms with Crippen LogP contribution in [-0.4, -0.2) is 5.71 Å². The quantitative estimate of drug-likeness (QED) is 0.409. The Morgan fingerprint density at radius 3 is 2.44 bits per heavy atom. The zero-order valence-corrected chi connectivity index (χ0v) is 13.3. The maximum absolute atomic E-state index is 4.87. The normalized spacial score (nSPS) is 15.9. The van der Waals surface area contributed by atoms with Gasteiger partial charge in [-0.05, 0) is 60.2 Å². The van der Waals surface area contributed by atoms with Crippen molar-refractivity contribution >= 4 is 34.0 Å². The summed E-state index contributed by atoms with van der Waals surface area (Å²) in [6.07, 6.45) is 3.81. The van der Waals surface area contributed by atoms with Crippen LogP contribution in [0.4, 0.5) is 5.69 Å². The Kier molecular flexibility index (Phi) is 4.45. The molecule has 0 saturated heterocycles. The van der Waals surface area contributed by atoms with E-state index < -0.39 is 0 Å². The lowest BCUT2D eigenvalue weighted by Crippen LogP contribution is -2.20. The molecule has 0 spiro atoms. The standard InChI is InChI=1S/C16H18IN/c1-11-7-8-12(2)16(13(11)3)18-15(9-10-17)14-5-4-6-14/h7-8,14H,4-6H2,1-3H3. The van der Waals surface area contributed by atoms with Gasteiger partial charge < -0.3 is 0 Å². The molecule has 1 nitrogen and oxygen atoms in total. The van der Waals surface area contributed by atoms with Crippen molar-refractivity contribution in [2.75, 3.05) is 0 Å². The number of aliphatic imine (C=N–C) groups is 1. The topological polar surface area (TPSA) is 12.4 Å². The van der Waals surface area contributed by atoms with E-state index >= 15 is 0 Å². The van der Waals surface area contributed by atoms with Gasteiger partial charge >= 0.3 is 0 Å². The average molecular weight is 351 g/mol. The minimum atomic E-state index is 0.589. The van der Waals surface area contributed by atoms with E-state index in [0.717, 1.165) is 11.4 Å². The molecule has 0 aromatic heterocycles. The third-order valence-corrected chi connectivity index (χ3v) is 4.07. The molecule has 1 fully saturated rings. The SMILES string of the molecule is Cc1ccc(C)c(N=C(C#CI)C2CCC2)c1C. The molecule has 0 amide bonds. The van der Waals surface area contributed by atoms with Crippen LogP contribution in [0.15, 0.2) is 17.1 Å². The molecule has 1 aromatic rings. The van der Waals surface area contributed by atoms with Crippen LogP contribution in [0.25, 0.3) is 0 Å². The second-order valence-electron chi connectivity index (χ2n) is 5.02. The number of rotatable bonds is 2. The summed E-state index contributed by atoms with van der Waals surface area (Å²) in [4.78, 5) is 4.87. The van der Waals surface area contributed by atoms with E-state index in [1.54, 1.807) is 0 Å². The first-order valence-electron chi connectivity index (χ1n) is 6.40. The highest BCUT2D eigenvalue weighted by Crippen LogP contribution is 2.32. The molecule has 0 radical (unpaired) electrons. The van der Waals surface area contributed by atoms with Crippen LogP contribution in [0.2, 0.25) is 0 Å². The highest BCUT2D eigenvalue weighted by Gasteiger charge is 2.22. The van der Waals surface area contributed by atoms with Gasteiger partial charge in [0.25, 0.3) is 0 Å². The van der Waals surface area contributed by atoms with E-state index in [2.05, 4.69) is 65.3 Å². The fraction of sp³-hybridized carbons (Fsp3) is 0.438. The van der Waals surface area contributed by atoms with Crippen LogP contribution >= 0.6 is 22.6 Å². The first-order valence-corrected chi connectivity index (χ1v) is 7.48. The number of hydrogen-bond acceptors (Lipinski definition) is 1. The second kappa shape index (κ2) is 5.88. The van der Waals surface area contributed by atoms with E-state index in [9.17, 15) is 0 Å². The van der Waals surface area contributed by atoms with Crippen molar-refractivity contribution in [3.8, 4) is 9.85 Å². The van der Waals surface area contributed by atoms with Gasteiger partial charge in [0.2, 0.25) is 0 Å². The smallest absolute Gasteiger partial charge is 0.0945 e. The number of hydrogen-bond donors (Lipinski definition) is 0. The molecular formula is C16H18IN. The van der Waals surface area contributed by atoms with Crippen LogP contribution < -0.4 is 0 Å². The van der Waals surface area contributed by atoms with E-state index in [1.165, 1.54) is 36.0 Å². The number of nitrogens with zero attached hydrogens (tertiary/aromatic N) is 1. The van der Waals surface area contributed by atoms with Crippen molar-refractivity contribution in [1.29, 1.82) is 0 Å². The highest BCUT2D eigenvalue weighted by atomic mass is 127. The van der Waals surface area contributed by atoms with E-state index in [-0.39, 0.29) is 0 Å². The van der Waals surface area contributed by atoms with Crippen LogP contribution in [0.3, 0.4) is 0 Å². The Morgan fingerprint density at radius 2 is 1.89 bits per heavy atom. The molecule has 0 atom stereocenters. The lowest BCUT2D eigenvalue weighted by Gasteiger charge is -2.24. The lowest BCUT2D eigenvalue weighted by molar-refractivity contribution is 0.416. The number of aryl methyl sites for hydroxylation is 2. The lowest BCUT2D eigenvalue weighted by atomic mass is 9.82. The summed E-state index contributed by atoms with van der Waals surface area (Å²) in [5.41, 5.74) is 6.02. The monoisotopic (exact) mass is 351 g/mol. The summed E-state index contributed by atoms with van der Waals surface area (Å²) in [5.74, 6) is 3.78. The largest absolute Gasteiger partial charge is 0.244 e. The molecule has 1 aliphatic rings. The fourth-order valence-electron chi connectivity index (χ4n) is 2.18. The zero-order valence-electron chi connectivity index (χ0n) is 11.2.